The number of nitro groups is 1. The van der Waals surface area contributed by atoms with E-state index in [9.17, 15) is 20.0 Å². The number of anilines is 1. The molecule has 25 heavy (non-hydrogen) atoms. The molecular weight excluding hydrogens is 326 g/mol. The molecule has 0 bridgehead atoms. The highest BCUT2D eigenvalue weighted by Gasteiger charge is 2.17. The van der Waals surface area contributed by atoms with Crippen LogP contribution in [0, 0.1) is 24.0 Å². The van der Waals surface area contributed by atoms with Crippen LogP contribution in [0.2, 0.25) is 0 Å². The van der Waals surface area contributed by atoms with Crippen molar-refractivity contribution in [2.75, 3.05) is 5.32 Å². The van der Waals surface area contributed by atoms with Gasteiger partial charge < -0.3 is 14.9 Å². The first kappa shape index (κ1) is 16.4. The number of aromatic hydroxyl groups is 1. The predicted octanol–water partition coefficient (Wildman–Crippen LogP) is 3.24. The number of nitrogens with one attached hydrogen (secondary N) is 1. The summed E-state index contributed by atoms with van der Waals surface area (Å²) in [5.41, 5.74) is 2.76. The molecule has 0 aliphatic rings. The summed E-state index contributed by atoms with van der Waals surface area (Å²) in [5, 5.41) is 27.7. The molecule has 0 radical (unpaired) electrons. The van der Waals surface area contributed by atoms with Crippen LogP contribution in [0.4, 0.5) is 11.4 Å². The summed E-state index contributed by atoms with van der Waals surface area (Å²) in [6.45, 7) is 3.83. The van der Waals surface area contributed by atoms with Crippen LogP contribution in [-0.2, 0) is 11.2 Å². The molecule has 128 valence electrons. The summed E-state index contributed by atoms with van der Waals surface area (Å²) in [6, 6.07) is 7.25. The average molecular weight is 341 g/mol. The van der Waals surface area contributed by atoms with Crippen LogP contribution in [0.5, 0.6) is 5.75 Å². The molecule has 0 saturated heterocycles. The van der Waals surface area contributed by atoms with Crippen LogP contribution in [0.15, 0.2) is 34.9 Å². The minimum absolute atomic E-state index is 0.0284. The molecule has 8 heteroatoms. The minimum atomic E-state index is -0.605. The Kier molecular flexibility index (Phi) is 4.10. The van der Waals surface area contributed by atoms with Gasteiger partial charge in [0.2, 0.25) is 5.91 Å². The summed E-state index contributed by atoms with van der Waals surface area (Å²) in [7, 11) is 0. The molecule has 0 aliphatic carbocycles. The van der Waals surface area contributed by atoms with Gasteiger partial charge in [0.1, 0.15) is 11.4 Å². The van der Waals surface area contributed by atoms with Gasteiger partial charge in [-0.2, -0.15) is 0 Å². The molecule has 2 aromatic carbocycles. The van der Waals surface area contributed by atoms with Crippen LogP contribution < -0.4 is 5.32 Å². The standard InChI is InChI=1S/C17H15N3O5/c1-9-5-10(2)17-12(6-9)13(19-25-17)8-16(22)18-14-7-11(20(23)24)3-4-15(14)21/h3-7,21H,8H2,1-2H3,(H,18,22). The Morgan fingerprint density at radius 2 is 2.08 bits per heavy atom. The highest BCUT2D eigenvalue weighted by molar-refractivity contribution is 5.96. The van der Waals surface area contributed by atoms with Crippen molar-refractivity contribution in [2.45, 2.75) is 20.3 Å². The van der Waals surface area contributed by atoms with Crippen molar-refractivity contribution in [2.24, 2.45) is 0 Å². The molecule has 8 nitrogen and oxygen atoms in total. The lowest BCUT2D eigenvalue weighted by atomic mass is 10.1. The quantitative estimate of drug-likeness (QED) is 0.427. The van der Waals surface area contributed by atoms with Crippen LogP contribution in [0.1, 0.15) is 16.8 Å². The van der Waals surface area contributed by atoms with Crippen LogP contribution in [0.3, 0.4) is 0 Å². The number of nitrogens with zero attached hydrogens (tertiary/aromatic N) is 2. The van der Waals surface area contributed by atoms with Gasteiger partial charge in [-0.05, 0) is 37.1 Å². The zero-order valence-corrected chi connectivity index (χ0v) is 13.6. The second-order valence-electron chi connectivity index (χ2n) is 5.77. The van der Waals surface area contributed by atoms with Gasteiger partial charge in [-0.25, -0.2) is 0 Å². The smallest absolute Gasteiger partial charge is 0.271 e. The molecule has 1 aromatic heterocycles. The molecule has 3 aromatic rings. The lowest BCUT2D eigenvalue weighted by Crippen LogP contribution is -2.15. The van der Waals surface area contributed by atoms with Gasteiger partial charge in [0.05, 0.1) is 17.0 Å². The first-order valence-corrected chi connectivity index (χ1v) is 7.48. The number of phenolic OH excluding ortho intramolecular Hbond substituents is 1. The number of amides is 1. The molecule has 0 saturated carbocycles. The van der Waals surface area contributed by atoms with Gasteiger partial charge in [0.15, 0.2) is 5.58 Å². The van der Waals surface area contributed by atoms with Gasteiger partial charge in [-0.1, -0.05) is 11.2 Å². The predicted molar refractivity (Wildman–Crippen MR) is 90.6 cm³/mol. The van der Waals surface area contributed by atoms with Gasteiger partial charge in [-0.15, -0.1) is 0 Å². The molecule has 0 spiro atoms. The minimum Gasteiger partial charge on any atom is -0.506 e. The third-order valence-electron chi connectivity index (χ3n) is 3.77. The fourth-order valence-corrected chi connectivity index (χ4v) is 2.65. The van der Waals surface area contributed by atoms with Gasteiger partial charge >= 0.3 is 0 Å². The normalized spacial score (nSPS) is 10.8. The molecule has 0 aliphatic heterocycles. The number of nitro benzene ring substituents is 1. The molecule has 2 N–H and O–H groups in total. The number of rotatable bonds is 4. The van der Waals surface area contributed by atoms with Crippen LogP contribution >= 0.6 is 0 Å². The monoisotopic (exact) mass is 341 g/mol. The van der Waals surface area contributed by atoms with Gasteiger partial charge in [0, 0.05) is 17.5 Å². The van der Waals surface area contributed by atoms with Gasteiger partial charge in [0.25, 0.3) is 5.69 Å². The number of aromatic nitrogens is 1. The number of non-ortho nitro benzene ring substituents is 1. The van der Waals surface area contributed by atoms with Gasteiger partial charge in [-0.3, -0.25) is 14.9 Å². The molecular formula is C17H15N3O5. The van der Waals surface area contributed by atoms with E-state index in [2.05, 4.69) is 10.5 Å². The topological polar surface area (TPSA) is 119 Å². The number of carbonyl (C=O) groups is 1. The Morgan fingerprint density at radius 3 is 2.80 bits per heavy atom. The van der Waals surface area contributed by atoms with Crippen molar-refractivity contribution in [3.63, 3.8) is 0 Å². The van der Waals surface area contributed by atoms with Crippen molar-refractivity contribution in [3.05, 3.63) is 57.3 Å². The second-order valence-corrected chi connectivity index (χ2v) is 5.77. The third-order valence-corrected chi connectivity index (χ3v) is 3.77. The fraction of sp³-hybridized carbons (Fsp3) is 0.176. The zero-order chi connectivity index (χ0) is 18.1. The van der Waals surface area contributed by atoms with E-state index in [0.29, 0.717) is 11.3 Å². The van der Waals surface area contributed by atoms with E-state index < -0.39 is 10.8 Å². The number of benzene rings is 2. The van der Waals surface area contributed by atoms with E-state index in [1.165, 1.54) is 0 Å². The number of fused-ring (bicyclic) bond motifs is 1. The Balaban J connectivity index is 1.84. The highest BCUT2D eigenvalue weighted by Crippen LogP contribution is 2.28. The number of hydrogen-bond donors (Lipinski definition) is 2. The van der Waals surface area contributed by atoms with E-state index >= 15 is 0 Å². The Morgan fingerprint density at radius 1 is 1.32 bits per heavy atom. The molecule has 1 heterocycles. The number of phenols is 1. The first-order valence-electron chi connectivity index (χ1n) is 7.48. The Labute approximate surface area is 142 Å². The van der Waals surface area contributed by atoms with Crippen molar-refractivity contribution >= 4 is 28.3 Å². The summed E-state index contributed by atoms with van der Waals surface area (Å²) < 4.78 is 5.29. The molecule has 0 fully saturated rings. The van der Waals surface area contributed by atoms with E-state index in [0.717, 1.165) is 34.7 Å². The molecule has 0 unspecified atom stereocenters. The van der Waals surface area contributed by atoms with Crippen LogP contribution in [0.25, 0.3) is 11.0 Å². The zero-order valence-electron chi connectivity index (χ0n) is 13.6. The van der Waals surface area contributed by atoms with Crippen molar-refractivity contribution < 1.29 is 19.3 Å². The maximum absolute atomic E-state index is 12.3. The largest absolute Gasteiger partial charge is 0.506 e. The van der Waals surface area contributed by atoms with E-state index in [1.807, 2.05) is 26.0 Å². The molecule has 0 atom stereocenters. The SMILES string of the molecule is Cc1cc(C)c2onc(CC(=O)Nc3cc([N+](=O)[O-])ccc3O)c2c1. The lowest BCUT2D eigenvalue weighted by molar-refractivity contribution is -0.384. The van der Waals surface area contributed by atoms with Crippen molar-refractivity contribution in [1.29, 1.82) is 0 Å². The lowest BCUT2D eigenvalue weighted by Gasteiger charge is -2.06. The third kappa shape index (κ3) is 3.27. The Hall–Kier alpha value is -3.42. The van der Waals surface area contributed by atoms with E-state index in [1.54, 1.807) is 0 Å². The maximum Gasteiger partial charge on any atom is 0.271 e. The second kappa shape index (κ2) is 6.23. The average Bonchev–Trinajstić information content (AvgIpc) is 2.92. The van der Waals surface area contributed by atoms with Crippen LogP contribution in [-0.4, -0.2) is 21.1 Å². The summed E-state index contributed by atoms with van der Waals surface area (Å²) >= 11 is 0. The first-order chi connectivity index (χ1) is 11.8. The van der Waals surface area contributed by atoms with Crippen molar-refractivity contribution in [3.8, 4) is 5.75 Å². The highest BCUT2D eigenvalue weighted by atomic mass is 16.6. The number of aryl methyl sites for hydroxylation is 2. The summed E-state index contributed by atoms with van der Waals surface area (Å²) in [6.07, 6.45) is -0.0853. The Bertz CT molecular complexity index is 993. The number of hydrogen-bond acceptors (Lipinski definition) is 6. The molecule has 1 amide bonds. The molecule has 3 rings (SSSR count). The fourth-order valence-electron chi connectivity index (χ4n) is 2.65. The summed E-state index contributed by atoms with van der Waals surface area (Å²) in [5.74, 6) is -0.721. The number of carbonyl (C=O) groups excluding carboxylic acids is 1. The maximum atomic E-state index is 12.3. The summed E-state index contributed by atoms with van der Waals surface area (Å²) in [4.78, 5) is 22.5. The van der Waals surface area contributed by atoms with E-state index in [4.69, 9.17) is 4.52 Å². The van der Waals surface area contributed by atoms with Crippen molar-refractivity contribution in [1.82, 2.24) is 5.16 Å². The van der Waals surface area contributed by atoms with E-state index in [-0.39, 0.29) is 23.5 Å².